The first-order valence-electron chi connectivity index (χ1n) is 8.96. The molecule has 0 unspecified atom stereocenters. The average molecular weight is 314 g/mol. The third-order valence-corrected chi connectivity index (χ3v) is 4.45. The third-order valence-electron chi connectivity index (χ3n) is 4.45. The minimum atomic E-state index is 0.900. The van der Waals surface area contributed by atoms with Gasteiger partial charge >= 0.3 is 0 Å². The molecule has 1 aromatic carbocycles. The summed E-state index contributed by atoms with van der Waals surface area (Å²) in [4.78, 5) is 0. The number of rotatable bonds is 9. The van der Waals surface area contributed by atoms with Gasteiger partial charge in [-0.05, 0) is 43.9 Å². The first-order chi connectivity index (χ1) is 11.2. The Hall–Kier alpha value is -1.70. The maximum absolute atomic E-state index is 6.17. The number of furan rings is 1. The van der Waals surface area contributed by atoms with Gasteiger partial charge in [-0.1, -0.05) is 45.2 Å². The third kappa shape index (κ3) is 4.40. The molecule has 1 heterocycles. The molecule has 0 radical (unpaired) electrons. The van der Waals surface area contributed by atoms with Crippen LogP contribution in [0, 0.1) is 6.92 Å². The maximum Gasteiger partial charge on any atom is 0.118 e. The van der Waals surface area contributed by atoms with Gasteiger partial charge in [-0.15, -0.1) is 0 Å². The van der Waals surface area contributed by atoms with Crippen LogP contribution in [0.15, 0.2) is 28.7 Å². The highest BCUT2D eigenvalue weighted by Crippen LogP contribution is 2.35. The summed E-state index contributed by atoms with van der Waals surface area (Å²) < 4.78 is 11.5. The van der Waals surface area contributed by atoms with Crippen molar-refractivity contribution >= 4 is 0 Å². The summed E-state index contributed by atoms with van der Waals surface area (Å²) in [7, 11) is 1.71. The molecular weight excluding hydrogens is 284 g/mol. The summed E-state index contributed by atoms with van der Waals surface area (Å²) in [5, 5.41) is 0. The molecule has 0 bridgehead atoms. The van der Waals surface area contributed by atoms with Gasteiger partial charge in [-0.3, -0.25) is 0 Å². The fourth-order valence-corrected chi connectivity index (χ4v) is 3.10. The molecule has 0 fully saturated rings. The van der Waals surface area contributed by atoms with Crippen molar-refractivity contribution in [2.45, 2.75) is 65.7 Å². The molecule has 0 amide bonds. The fraction of sp³-hybridized carbons (Fsp3) is 0.524. The molecule has 2 nitrogen and oxygen atoms in total. The second-order valence-corrected chi connectivity index (χ2v) is 6.22. The maximum atomic E-state index is 6.17. The van der Waals surface area contributed by atoms with E-state index in [0.29, 0.717) is 0 Å². The Bertz CT molecular complexity index is 593. The number of benzene rings is 1. The Morgan fingerprint density at radius 1 is 0.913 bits per heavy atom. The topological polar surface area (TPSA) is 22.4 Å². The quantitative estimate of drug-likeness (QED) is 0.504. The molecule has 0 saturated heterocycles. The molecule has 0 spiro atoms. The number of hydrogen-bond acceptors (Lipinski definition) is 2. The Morgan fingerprint density at radius 3 is 2.22 bits per heavy atom. The van der Waals surface area contributed by atoms with Crippen LogP contribution in [-0.4, -0.2) is 7.11 Å². The van der Waals surface area contributed by atoms with Gasteiger partial charge in [0.2, 0.25) is 0 Å². The summed E-state index contributed by atoms with van der Waals surface area (Å²) in [5.74, 6) is 3.15. The van der Waals surface area contributed by atoms with E-state index < -0.39 is 0 Å². The summed E-state index contributed by atoms with van der Waals surface area (Å²) in [6, 6.07) is 8.39. The van der Waals surface area contributed by atoms with E-state index in [1.54, 1.807) is 7.11 Å². The molecular formula is C21H30O2. The van der Waals surface area contributed by atoms with Crippen LogP contribution in [0.25, 0.3) is 11.1 Å². The molecule has 0 saturated carbocycles. The van der Waals surface area contributed by atoms with E-state index in [1.807, 2.05) is 12.1 Å². The first-order valence-corrected chi connectivity index (χ1v) is 8.96. The van der Waals surface area contributed by atoms with Gasteiger partial charge in [-0.25, -0.2) is 0 Å². The lowest BCUT2D eigenvalue weighted by Gasteiger charge is -2.08. The van der Waals surface area contributed by atoms with Crippen molar-refractivity contribution in [1.82, 2.24) is 0 Å². The smallest absolute Gasteiger partial charge is 0.118 e. The molecule has 1 aromatic heterocycles. The van der Waals surface area contributed by atoms with Crippen LogP contribution in [0.2, 0.25) is 0 Å². The second-order valence-electron chi connectivity index (χ2n) is 6.22. The summed E-state index contributed by atoms with van der Waals surface area (Å²) in [5.41, 5.74) is 3.97. The highest BCUT2D eigenvalue weighted by molar-refractivity contribution is 5.71. The monoisotopic (exact) mass is 314 g/mol. The van der Waals surface area contributed by atoms with Crippen LogP contribution in [-0.2, 0) is 12.8 Å². The van der Waals surface area contributed by atoms with Crippen LogP contribution < -0.4 is 4.74 Å². The van der Waals surface area contributed by atoms with E-state index in [9.17, 15) is 0 Å². The highest BCUT2D eigenvalue weighted by atomic mass is 16.5. The van der Waals surface area contributed by atoms with Crippen LogP contribution in [0.3, 0.4) is 0 Å². The number of aryl methyl sites for hydroxylation is 2. The zero-order valence-electron chi connectivity index (χ0n) is 15.1. The largest absolute Gasteiger partial charge is 0.497 e. The molecule has 2 rings (SSSR count). The molecule has 2 aromatic rings. The predicted molar refractivity (Wildman–Crippen MR) is 97.3 cm³/mol. The lowest BCUT2D eigenvalue weighted by molar-refractivity contribution is 0.415. The Labute approximate surface area is 140 Å². The van der Waals surface area contributed by atoms with Gasteiger partial charge in [-0.2, -0.15) is 0 Å². The van der Waals surface area contributed by atoms with Crippen molar-refractivity contribution in [3.8, 4) is 16.9 Å². The Kier molecular flexibility index (Phi) is 6.76. The van der Waals surface area contributed by atoms with E-state index in [-0.39, 0.29) is 0 Å². The van der Waals surface area contributed by atoms with E-state index in [1.165, 1.54) is 48.8 Å². The van der Waals surface area contributed by atoms with Gasteiger partial charge in [0.05, 0.1) is 7.11 Å². The van der Waals surface area contributed by atoms with Crippen molar-refractivity contribution in [1.29, 1.82) is 0 Å². The summed E-state index contributed by atoms with van der Waals surface area (Å²) >= 11 is 0. The Balaban J connectivity index is 2.37. The van der Waals surface area contributed by atoms with Gasteiger partial charge in [0.15, 0.2) is 0 Å². The van der Waals surface area contributed by atoms with Crippen molar-refractivity contribution < 1.29 is 9.15 Å². The zero-order valence-corrected chi connectivity index (χ0v) is 15.1. The predicted octanol–water partition coefficient (Wildman–Crippen LogP) is 6.34. The molecule has 0 aliphatic heterocycles. The van der Waals surface area contributed by atoms with E-state index in [2.05, 4.69) is 32.9 Å². The van der Waals surface area contributed by atoms with Crippen molar-refractivity contribution in [2.24, 2.45) is 0 Å². The highest BCUT2D eigenvalue weighted by Gasteiger charge is 2.18. The molecule has 2 heteroatoms. The minimum Gasteiger partial charge on any atom is -0.497 e. The standard InChI is InChI=1S/C21H30O2/c1-5-7-9-11-20-21(17-12-14-18(22-4)15-13-17)19(10-8-6-2)16(3)23-20/h12-15H,5-11H2,1-4H3. The summed E-state index contributed by atoms with van der Waals surface area (Å²) in [6.45, 7) is 6.59. The molecule has 23 heavy (non-hydrogen) atoms. The van der Waals surface area contributed by atoms with Crippen molar-refractivity contribution in [3.05, 3.63) is 41.3 Å². The molecule has 0 aliphatic carbocycles. The lowest BCUT2D eigenvalue weighted by Crippen LogP contribution is -1.92. The number of methoxy groups -OCH3 is 1. The Morgan fingerprint density at radius 2 is 1.61 bits per heavy atom. The normalized spacial score (nSPS) is 11.0. The van der Waals surface area contributed by atoms with E-state index in [4.69, 9.17) is 9.15 Å². The zero-order chi connectivity index (χ0) is 16.7. The van der Waals surface area contributed by atoms with Gasteiger partial charge in [0.25, 0.3) is 0 Å². The number of ether oxygens (including phenoxy) is 1. The number of hydrogen-bond donors (Lipinski definition) is 0. The van der Waals surface area contributed by atoms with Gasteiger partial charge < -0.3 is 9.15 Å². The lowest BCUT2D eigenvalue weighted by atomic mass is 9.95. The van der Waals surface area contributed by atoms with Crippen molar-refractivity contribution in [2.75, 3.05) is 7.11 Å². The SMILES string of the molecule is CCCCCc1oc(C)c(CCCC)c1-c1ccc(OC)cc1. The van der Waals surface area contributed by atoms with Crippen LogP contribution in [0.1, 0.15) is 63.0 Å². The van der Waals surface area contributed by atoms with Gasteiger partial charge in [0.1, 0.15) is 17.3 Å². The number of unbranched alkanes of at least 4 members (excludes halogenated alkanes) is 3. The van der Waals surface area contributed by atoms with Gasteiger partial charge in [0, 0.05) is 17.5 Å². The first kappa shape index (κ1) is 17.7. The summed E-state index contributed by atoms with van der Waals surface area (Å²) in [6.07, 6.45) is 8.23. The molecule has 0 atom stereocenters. The van der Waals surface area contributed by atoms with Crippen molar-refractivity contribution in [3.63, 3.8) is 0 Å². The second kappa shape index (κ2) is 8.81. The van der Waals surface area contributed by atoms with Crippen LogP contribution in [0.4, 0.5) is 0 Å². The molecule has 0 N–H and O–H groups in total. The average Bonchev–Trinajstić information content (AvgIpc) is 2.89. The molecule has 0 aliphatic rings. The van der Waals surface area contributed by atoms with E-state index in [0.717, 1.165) is 30.1 Å². The molecule has 126 valence electrons. The minimum absolute atomic E-state index is 0.900. The van der Waals surface area contributed by atoms with Crippen LogP contribution >= 0.6 is 0 Å². The van der Waals surface area contributed by atoms with Crippen LogP contribution in [0.5, 0.6) is 5.75 Å². The fourth-order valence-electron chi connectivity index (χ4n) is 3.10. The van der Waals surface area contributed by atoms with E-state index >= 15 is 0 Å².